The molecule has 0 aliphatic rings. The number of carbonyl (C=O) groups is 2. The lowest BCUT2D eigenvalue weighted by atomic mass is 10.1. The molecule has 132 valence electrons. The van der Waals surface area contributed by atoms with Crippen LogP contribution < -0.4 is 10.6 Å². The van der Waals surface area contributed by atoms with Crippen LogP contribution in [0, 0.1) is 5.82 Å². The summed E-state index contributed by atoms with van der Waals surface area (Å²) in [5.41, 5.74) is 1.82. The molecule has 8 heteroatoms. The van der Waals surface area contributed by atoms with Crippen molar-refractivity contribution in [2.45, 2.75) is 13.5 Å². The lowest BCUT2D eigenvalue weighted by molar-refractivity contribution is -0.114. The number of benzene rings is 2. The fourth-order valence-corrected chi connectivity index (χ4v) is 2.35. The highest BCUT2D eigenvalue weighted by Gasteiger charge is 2.09. The molecule has 0 bridgehead atoms. The summed E-state index contributed by atoms with van der Waals surface area (Å²) in [5, 5.41) is 9.08. The molecule has 0 atom stereocenters. The van der Waals surface area contributed by atoms with E-state index in [0.29, 0.717) is 17.8 Å². The number of hydrogen-bond donors (Lipinski definition) is 2. The van der Waals surface area contributed by atoms with Crippen LogP contribution in [-0.4, -0.2) is 26.6 Å². The van der Waals surface area contributed by atoms with Gasteiger partial charge in [-0.3, -0.25) is 9.59 Å². The lowest BCUT2D eigenvalue weighted by Gasteiger charge is -2.09. The first-order chi connectivity index (χ1) is 12.5. The van der Waals surface area contributed by atoms with E-state index in [0.717, 1.165) is 5.56 Å². The minimum absolute atomic E-state index is 0.0125. The van der Waals surface area contributed by atoms with Gasteiger partial charge in [-0.25, -0.2) is 14.1 Å². The molecule has 3 aromatic rings. The molecule has 0 aliphatic carbocycles. The van der Waals surface area contributed by atoms with E-state index in [-0.39, 0.29) is 11.6 Å². The molecule has 2 N–H and O–H groups in total. The number of halogens is 1. The number of aromatic nitrogens is 3. The number of nitrogens with zero attached hydrogens (tertiary/aromatic N) is 3. The van der Waals surface area contributed by atoms with Crippen molar-refractivity contribution in [3.8, 4) is 0 Å². The number of nitrogens with one attached hydrogen (secondary N) is 2. The van der Waals surface area contributed by atoms with Crippen molar-refractivity contribution in [3.05, 3.63) is 72.1 Å². The monoisotopic (exact) mass is 353 g/mol. The van der Waals surface area contributed by atoms with E-state index in [2.05, 4.69) is 20.7 Å². The Morgan fingerprint density at radius 1 is 1.12 bits per heavy atom. The molecular weight excluding hydrogens is 337 g/mol. The van der Waals surface area contributed by atoms with E-state index >= 15 is 0 Å². The van der Waals surface area contributed by atoms with Gasteiger partial charge in [0.25, 0.3) is 5.91 Å². The number of anilines is 2. The molecule has 0 radical (unpaired) electrons. The Morgan fingerprint density at radius 2 is 1.88 bits per heavy atom. The maximum absolute atomic E-state index is 13.7. The summed E-state index contributed by atoms with van der Waals surface area (Å²) in [5.74, 6) is -1.30. The van der Waals surface area contributed by atoms with E-state index in [1.54, 1.807) is 23.1 Å². The summed E-state index contributed by atoms with van der Waals surface area (Å²) >= 11 is 0. The highest BCUT2D eigenvalue weighted by Crippen LogP contribution is 2.20. The van der Waals surface area contributed by atoms with Crippen molar-refractivity contribution in [1.82, 2.24) is 14.8 Å². The summed E-state index contributed by atoms with van der Waals surface area (Å²) in [4.78, 5) is 27.3. The van der Waals surface area contributed by atoms with Crippen LogP contribution in [0.2, 0.25) is 0 Å². The molecule has 26 heavy (non-hydrogen) atoms. The number of carbonyl (C=O) groups excluding carboxylic acids is 2. The van der Waals surface area contributed by atoms with Gasteiger partial charge in [-0.15, -0.1) is 0 Å². The first kappa shape index (κ1) is 17.3. The second-order valence-electron chi connectivity index (χ2n) is 5.62. The van der Waals surface area contributed by atoms with Crippen molar-refractivity contribution in [1.29, 1.82) is 0 Å². The second-order valence-corrected chi connectivity index (χ2v) is 5.62. The molecule has 1 heterocycles. The maximum Gasteiger partial charge on any atom is 0.255 e. The van der Waals surface area contributed by atoms with Crippen LogP contribution in [0.3, 0.4) is 0 Å². The van der Waals surface area contributed by atoms with Crippen LogP contribution in [-0.2, 0) is 11.3 Å². The Morgan fingerprint density at radius 3 is 2.54 bits per heavy atom. The number of hydrogen-bond acceptors (Lipinski definition) is 4. The minimum Gasteiger partial charge on any atom is -0.324 e. The van der Waals surface area contributed by atoms with Crippen molar-refractivity contribution in [2.75, 3.05) is 10.6 Å². The third-order valence-electron chi connectivity index (χ3n) is 3.56. The van der Waals surface area contributed by atoms with Gasteiger partial charge in [0, 0.05) is 18.2 Å². The molecule has 0 saturated carbocycles. The Bertz CT molecular complexity index is 923. The van der Waals surface area contributed by atoms with Gasteiger partial charge in [0.2, 0.25) is 5.91 Å². The second kappa shape index (κ2) is 7.56. The smallest absolute Gasteiger partial charge is 0.255 e. The SMILES string of the molecule is CC(=O)Nc1cc(NC(=O)c2ccc(Cn3cncn3)cc2)ccc1F. The fraction of sp³-hybridized carbons (Fsp3) is 0.111. The van der Waals surface area contributed by atoms with Crippen molar-refractivity contribution in [2.24, 2.45) is 0 Å². The molecule has 1 aromatic heterocycles. The van der Waals surface area contributed by atoms with E-state index in [9.17, 15) is 14.0 Å². The molecule has 0 aliphatic heterocycles. The zero-order valence-corrected chi connectivity index (χ0v) is 13.9. The average molecular weight is 353 g/mol. The Balaban J connectivity index is 1.69. The van der Waals surface area contributed by atoms with E-state index in [1.165, 1.54) is 31.5 Å². The highest BCUT2D eigenvalue weighted by atomic mass is 19.1. The standard InChI is InChI=1S/C18H16FN5O2/c1-12(25)22-17-8-15(6-7-16(17)19)23-18(26)14-4-2-13(3-5-14)9-24-11-20-10-21-24/h2-8,10-11H,9H2,1H3,(H,22,25)(H,23,26). The summed E-state index contributed by atoms with van der Waals surface area (Å²) in [6, 6.07) is 11.0. The quantitative estimate of drug-likeness (QED) is 0.738. The van der Waals surface area contributed by atoms with Gasteiger partial charge in [-0.05, 0) is 35.9 Å². The zero-order chi connectivity index (χ0) is 18.5. The fourth-order valence-electron chi connectivity index (χ4n) is 2.35. The van der Waals surface area contributed by atoms with Crippen molar-refractivity contribution in [3.63, 3.8) is 0 Å². The first-order valence-corrected chi connectivity index (χ1v) is 7.81. The van der Waals surface area contributed by atoms with Gasteiger partial charge in [0.1, 0.15) is 18.5 Å². The Hall–Kier alpha value is -3.55. The van der Waals surface area contributed by atoms with Crippen LogP contribution >= 0.6 is 0 Å². The summed E-state index contributed by atoms with van der Waals surface area (Å²) in [7, 11) is 0. The average Bonchev–Trinajstić information content (AvgIpc) is 3.11. The predicted molar refractivity (Wildman–Crippen MR) is 94.2 cm³/mol. The van der Waals surface area contributed by atoms with Gasteiger partial charge in [0.15, 0.2) is 0 Å². The Kier molecular flexibility index (Phi) is 5.02. The van der Waals surface area contributed by atoms with Crippen LogP contribution in [0.5, 0.6) is 0 Å². The van der Waals surface area contributed by atoms with Gasteiger partial charge in [0.05, 0.1) is 12.2 Å². The summed E-state index contributed by atoms with van der Waals surface area (Å²) in [6.45, 7) is 1.84. The highest BCUT2D eigenvalue weighted by molar-refractivity contribution is 6.04. The van der Waals surface area contributed by atoms with E-state index in [4.69, 9.17) is 0 Å². The summed E-state index contributed by atoms with van der Waals surface area (Å²) in [6.07, 6.45) is 3.07. The molecule has 3 rings (SSSR count). The lowest BCUT2D eigenvalue weighted by Crippen LogP contribution is -2.13. The molecular formula is C18H16FN5O2. The third kappa shape index (κ3) is 4.29. The van der Waals surface area contributed by atoms with E-state index < -0.39 is 11.7 Å². The molecule has 0 fully saturated rings. The Labute approximate surface area is 148 Å². The van der Waals surface area contributed by atoms with Crippen LogP contribution in [0.1, 0.15) is 22.8 Å². The largest absolute Gasteiger partial charge is 0.324 e. The number of amides is 2. The number of rotatable bonds is 5. The van der Waals surface area contributed by atoms with Gasteiger partial charge >= 0.3 is 0 Å². The predicted octanol–water partition coefficient (Wildman–Crippen LogP) is 2.68. The minimum atomic E-state index is -0.573. The summed E-state index contributed by atoms with van der Waals surface area (Å²) < 4.78 is 15.3. The molecule has 2 aromatic carbocycles. The van der Waals surface area contributed by atoms with Crippen LogP contribution in [0.15, 0.2) is 55.1 Å². The zero-order valence-electron chi connectivity index (χ0n) is 13.9. The van der Waals surface area contributed by atoms with Crippen molar-refractivity contribution < 1.29 is 14.0 Å². The molecule has 0 saturated heterocycles. The first-order valence-electron chi connectivity index (χ1n) is 7.81. The molecule has 2 amide bonds. The van der Waals surface area contributed by atoms with Gasteiger partial charge < -0.3 is 10.6 Å². The normalized spacial score (nSPS) is 10.4. The van der Waals surface area contributed by atoms with Crippen LogP contribution in [0.25, 0.3) is 0 Å². The van der Waals surface area contributed by atoms with Gasteiger partial charge in [-0.1, -0.05) is 12.1 Å². The molecule has 7 nitrogen and oxygen atoms in total. The molecule has 0 unspecified atom stereocenters. The van der Waals surface area contributed by atoms with Crippen molar-refractivity contribution >= 4 is 23.2 Å². The topological polar surface area (TPSA) is 88.9 Å². The van der Waals surface area contributed by atoms with Gasteiger partial charge in [-0.2, -0.15) is 5.10 Å². The van der Waals surface area contributed by atoms with E-state index in [1.807, 2.05) is 12.1 Å². The maximum atomic E-state index is 13.7. The van der Waals surface area contributed by atoms with Crippen LogP contribution in [0.4, 0.5) is 15.8 Å². The molecule has 0 spiro atoms. The third-order valence-corrected chi connectivity index (χ3v) is 3.56.